The molecule has 19 heteroatoms. The van der Waals surface area contributed by atoms with Crippen LogP contribution in [0.3, 0.4) is 0 Å². The zero-order chi connectivity index (χ0) is 78.3. The number of carbonyl (C=O) groups is 4. The third-order valence-corrected chi connectivity index (χ3v) is 23.0. The molecule has 0 aromatic carbocycles. The maximum Gasteiger partial charge on any atom is 0.472 e. The van der Waals surface area contributed by atoms with Crippen LogP contribution >= 0.6 is 15.6 Å². The molecule has 0 spiro atoms. The molecule has 3 N–H and O–H groups in total. The number of carbonyl (C=O) groups excluding carboxylic acids is 4. The molecule has 0 aliphatic heterocycles. The van der Waals surface area contributed by atoms with E-state index in [0.717, 1.165) is 95.8 Å². The fraction of sp³-hybridized carbons (Fsp3) is 0.955. The minimum atomic E-state index is -4.97. The van der Waals surface area contributed by atoms with Crippen LogP contribution in [-0.2, 0) is 65.4 Å². The maximum absolute atomic E-state index is 13.2. The molecule has 107 heavy (non-hydrogen) atoms. The Balaban J connectivity index is 5.22. The van der Waals surface area contributed by atoms with Gasteiger partial charge in [0.25, 0.3) is 0 Å². The van der Waals surface area contributed by atoms with Crippen molar-refractivity contribution in [1.29, 1.82) is 0 Å². The summed E-state index contributed by atoms with van der Waals surface area (Å²) in [4.78, 5) is 73.3. The molecule has 0 saturated carbocycles. The highest BCUT2D eigenvalue weighted by Crippen LogP contribution is 2.45. The SMILES string of the molecule is CCCCCCCCCCCCCCCCCCCCCCCCC(=O)O[C@H](COC(=O)CCCCCCCCCCCCCCCCCCCCCC)COP(=O)(O)OC[C@@H](O)COP(=O)(O)OC[C@@H](COC(=O)CCCCCCCCCCC(C)CC)OC(=O)CCCCCCCCCCCCCCC. The van der Waals surface area contributed by atoms with Gasteiger partial charge >= 0.3 is 39.5 Å². The number of unbranched alkanes of at least 4 members (excludes halogenated alkanes) is 59. The molecular weight excluding hydrogens is 1390 g/mol. The first kappa shape index (κ1) is 105. The number of aliphatic hydroxyl groups excluding tert-OH is 1. The first-order valence-corrected chi connectivity index (χ1v) is 48.7. The van der Waals surface area contributed by atoms with Gasteiger partial charge in [0.15, 0.2) is 12.2 Å². The summed E-state index contributed by atoms with van der Waals surface area (Å²) in [6, 6.07) is 0. The lowest BCUT2D eigenvalue weighted by atomic mass is 9.99. The van der Waals surface area contributed by atoms with Gasteiger partial charge in [-0.15, -0.1) is 0 Å². The summed E-state index contributed by atoms with van der Waals surface area (Å²) in [6.45, 7) is 7.37. The molecule has 0 heterocycles. The molecule has 0 rings (SSSR count). The predicted octanol–water partition coefficient (Wildman–Crippen LogP) is 27.2. The zero-order valence-corrected chi connectivity index (χ0v) is 72.1. The van der Waals surface area contributed by atoms with Gasteiger partial charge in [0.1, 0.15) is 19.3 Å². The lowest BCUT2D eigenvalue weighted by molar-refractivity contribution is -0.161. The third kappa shape index (κ3) is 80.5. The Morgan fingerprint density at radius 1 is 0.262 bits per heavy atom. The molecule has 17 nitrogen and oxygen atoms in total. The van der Waals surface area contributed by atoms with Crippen molar-refractivity contribution in [2.45, 2.75) is 496 Å². The number of esters is 4. The van der Waals surface area contributed by atoms with E-state index in [1.165, 1.54) is 302 Å². The number of phosphoric acid groups is 2. The Kier molecular flexibility index (Phi) is 79.2. The van der Waals surface area contributed by atoms with E-state index in [1.54, 1.807) is 0 Å². The van der Waals surface area contributed by atoms with E-state index in [-0.39, 0.29) is 25.7 Å². The van der Waals surface area contributed by atoms with Crippen LogP contribution in [-0.4, -0.2) is 96.7 Å². The predicted molar refractivity (Wildman–Crippen MR) is 442 cm³/mol. The summed E-state index contributed by atoms with van der Waals surface area (Å²) in [5, 5.41) is 10.7. The number of hydrogen-bond acceptors (Lipinski definition) is 15. The largest absolute Gasteiger partial charge is 0.472 e. The van der Waals surface area contributed by atoms with Crippen LogP contribution in [0.2, 0.25) is 0 Å². The number of phosphoric ester groups is 2. The lowest BCUT2D eigenvalue weighted by Crippen LogP contribution is -2.30. The Hall–Kier alpha value is -1.94. The number of hydrogen-bond donors (Lipinski definition) is 3. The molecule has 0 amide bonds. The van der Waals surface area contributed by atoms with E-state index < -0.39 is 97.5 Å². The smallest absolute Gasteiger partial charge is 0.462 e. The van der Waals surface area contributed by atoms with E-state index in [0.29, 0.717) is 25.7 Å². The van der Waals surface area contributed by atoms with Gasteiger partial charge in [-0.25, -0.2) is 9.13 Å². The van der Waals surface area contributed by atoms with Crippen molar-refractivity contribution >= 4 is 39.5 Å². The van der Waals surface area contributed by atoms with Crippen LogP contribution < -0.4 is 0 Å². The van der Waals surface area contributed by atoms with E-state index in [4.69, 9.17) is 37.0 Å². The standard InChI is InChI=1S/C88H172O17P2/c1-6-10-13-16-19-22-25-28-30-32-34-36-37-39-41-43-46-49-52-59-64-69-74-88(93)104-83(77-98-85(90)71-66-61-56-50-47-45-42-40-38-35-33-31-29-26-23-20-17-14-11-7-2)79-102-106(94,95)100-75-82(89)76-101-107(96,97)103-80-84(78-99-86(91)72-67-62-57-54-53-55-60-65-70-81(5)9-4)105-87(92)73-68-63-58-51-48-44-27-24-21-18-15-12-8-3/h81-84,89H,6-80H2,1-5H3,(H,94,95)(H,96,97)/t81?,82-,83-,84-/m1/s1. The third-order valence-electron chi connectivity index (χ3n) is 21.1. The van der Waals surface area contributed by atoms with E-state index in [2.05, 4.69) is 34.6 Å². The van der Waals surface area contributed by atoms with Crippen molar-refractivity contribution < 1.29 is 80.2 Å². The molecule has 0 fully saturated rings. The molecule has 0 aromatic rings. The summed E-state index contributed by atoms with van der Waals surface area (Å²) in [5.74, 6) is -1.32. The summed E-state index contributed by atoms with van der Waals surface area (Å²) in [5.41, 5.74) is 0. The Morgan fingerprint density at radius 2 is 0.449 bits per heavy atom. The topological polar surface area (TPSA) is 237 Å². The average Bonchev–Trinajstić information content (AvgIpc) is 0.901. The highest BCUT2D eigenvalue weighted by atomic mass is 31.2. The van der Waals surface area contributed by atoms with Crippen LogP contribution in [0.25, 0.3) is 0 Å². The number of ether oxygens (including phenoxy) is 4. The van der Waals surface area contributed by atoms with Crippen molar-refractivity contribution in [2.24, 2.45) is 5.92 Å². The first-order valence-electron chi connectivity index (χ1n) is 45.7. The van der Waals surface area contributed by atoms with Gasteiger partial charge in [-0.05, 0) is 31.6 Å². The molecule has 6 atom stereocenters. The minimum absolute atomic E-state index is 0.108. The average molecular weight is 1560 g/mol. The van der Waals surface area contributed by atoms with Crippen molar-refractivity contribution in [3.8, 4) is 0 Å². The van der Waals surface area contributed by atoms with Gasteiger partial charge < -0.3 is 33.8 Å². The van der Waals surface area contributed by atoms with Gasteiger partial charge in [0.2, 0.25) is 0 Å². The van der Waals surface area contributed by atoms with Gasteiger partial charge in [0, 0.05) is 25.7 Å². The molecule has 3 unspecified atom stereocenters. The molecule has 0 aromatic heterocycles. The first-order chi connectivity index (χ1) is 52.1. The molecule has 636 valence electrons. The van der Waals surface area contributed by atoms with E-state index >= 15 is 0 Å². The molecule has 0 saturated heterocycles. The van der Waals surface area contributed by atoms with E-state index in [9.17, 15) is 43.2 Å². The fourth-order valence-corrected chi connectivity index (χ4v) is 15.4. The van der Waals surface area contributed by atoms with Gasteiger partial charge in [-0.2, -0.15) is 0 Å². The molecule has 0 aliphatic carbocycles. The Labute approximate surface area is 658 Å². The van der Waals surface area contributed by atoms with Crippen molar-refractivity contribution in [1.82, 2.24) is 0 Å². The Bertz CT molecular complexity index is 2030. The lowest BCUT2D eigenvalue weighted by Gasteiger charge is -2.21. The fourth-order valence-electron chi connectivity index (χ4n) is 13.8. The van der Waals surface area contributed by atoms with Crippen LogP contribution in [0.5, 0.6) is 0 Å². The Morgan fingerprint density at radius 3 is 0.664 bits per heavy atom. The highest BCUT2D eigenvalue weighted by molar-refractivity contribution is 7.47. The summed E-state index contributed by atoms with van der Waals surface area (Å²) in [7, 11) is -9.93. The molecule has 0 radical (unpaired) electrons. The molecular formula is C88H172O17P2. The van der Waals surface area contributed by atoms with Crippen molar-refractivity contribution in [2.75, 3.05) is 39.6 Å². The number of rotatable bonds is 88. The minimum Gasteiger partial charge on any atom is -0.462 e. The quantitative estimate of drug-likeness (QED) is 0.0222. The van der Waals surface area contributed by atoms with Crippen LogP contribution in [0.4, 0.5) is 0 Å². The van der Waals surface area contributed by atoms with E-state index in [1.807, 2.05) is 0 Å². The van der Waals surface area contributed by atoms with Gasteiger partial charge in [-0.3, -0.25) is 37.3 Å². The van der Waals surface area contributed by atoms with Gasteiger partial charge in [0.05, 0.1) is 26.4 Å². The summed E-state index contributed by atoms with van der Waals surface area (Å²) in [6.07, 6.45) is 75.1. The second-order valence-corrected chi connectivity index (χ2v) is 34.8. The summed E-state index contributed by atoms with van der Waals surface area (Å²) < 4.78 is 69.0. The number of aliphatic hydroxyl groups is 1. The van der Waals surface area contributed by atoms with Crippen LogP contribution in [0, 0.1) is 5.92 Å². The monoisotopic (exact) mass is 1560 g/mol. The van der Waals surface area contributed by atoms with Crippen molar-refractivity contribution in [3.05, 3.63) is 0 Å². The highest BCUT2D eigenvalue weighted by Gasteiger charge is 2.30. The van der Waals surface area contributed by atoms with Crippen LogP contribution in [0.15, 0.2) is 0 Å². The zero-order valence-electron chi connectivity index (χ0n) is 70.3. The van der Waals surface area contributed by atoms with Crippen molar-refractivity contribution in [3.63, 3.8) is 0 Å². The maximum atomic E-state index is 13.2. The normalized spacial score (nSPS) is 14.0. The molecule has 0 bridgehead atoms. The second-order valence-electron chi connectivity index (χ2n) is 31.9. The molecule has 0 aliphatic rings. The second kappa shape index (κ2) is 80.7. The van der Waals surface area contributed by atoms with Gasteiger partial charge in [-0.1, -0.05) is 426 Å². The van der Waals surface area contributed by atoms with Crippen LogP contribution in [0.1, 0.15) is 478 Å². The summed E-state index contributed by atoms with van der Waals surface area (Å²) >= 11 is 0.